The van der Waals surface area contributed by atoms with Gasteiger partial charge in [0.25, 0.3) is 0 Å². The Balaban J connectivity index is 1.71. The number of β-amino-alcohol motifs (C(OH)–C–C–N with tert-alkyl or cyclic N) is 1. The first kappa shape index (κ1) is 19.7. The molecule has 1 N–H and O–H groups in total. The van der Waals surface area contributed by atoms with E-state index in [1.807, 2.05) is 0 Å². The molecular weight excluding hydrogens is 356 g/mol. The Morgan fingerprint density at radius 1 is 1.11 bits per heavy atom. The number of likely N-dealkylation sites (tertiary alicyclic amines) is 1. The van der Waals surface area contributed by atoms with Gasteiger partial charge in [-0.1, -0.05) is 0 Å². The van der Waals surface area contributed by atoms with Gasteiger partial charge in [0.1, 0.15) is 11.6 Å². The highest BCUT2D eigenvalue weighted by atomic mass is 19.1. The normalized spacial score (nSPS) is 23.7. The van der Waals surface area contributed by atoms with Crippen LogP contribution in [0.5, 0.6) is 0 Å². The van der Waals surface area contributed by atoms with Gasteiger partial charge in [0.15, 0.2) is 0 Å². The van der Waals surface area contributed by atoms with Crippen molar-refractivity contribution in [2.24, 2.45) is 0 Å². The highest BCUT2D eigenvalue weighted by Crippen LogP contribution is 2.18. The van der Waals surface area contributed by atoms with Crippen LogP contribution in [0.3, 0.4) is 0 Å². The molecule has 0 aromatic heterocycles. The van der Waals surface area contributed by atoms with Gasteiger partial charge in [-0.15, -0.1) is 0 Å². The van der Waals surface area contributed by atoms with Gasteiger partial charge >= 0.3 is 0 Å². The van der Waals surface area contributed by atoms with E-state index in [0.29, 0.717) is 44.7 Å². The monoisotopic (exact) mass is 381 g/mol. The number of amides is 2. The van der Waals surface area contributed by atoms with Crippen molar-refractivity contribution in [2.45, 2.75) is 31.9 Å². The minimum Gasteiger partial charge on any atom is -0.392 e. The summed E-state index contributed by atoms with van der Waals surface area (Å²) in [7, 11) is 0. The number of aliphatic hydroxyl groups is 1. The number of hydrogen-bond donors (Lipinski definition) is 1. The molecule has 2 atom stereocenters. The van der Waals surface area contributed by atoms with Gasteiger partial charge in [-0.25, -0.2) is 8.78 Å². The van der Waals surface area contributed by atoms with Gasteiger partial charge < -0.3 is 14.9 Å². The summed E-state index contributed by atoms with van der Waals surface area (Å²) in [5.74, 6) is -1.67. The van der Waals surface area contributed by atoms with Gasteiger partial charge in [0.05, 0.1) is 18.6 Å². The smallest absolute Gasteiger partial charge is 0.227 e. The zero-order valence-electron chi connectivity index (χ0n) is 15.4. The van der Waals surface area contributed by atoms with Gasteiger partial charge in [-0.05, 0) is 24.1 Å². The lowest BCUT2D eigenvalue weighted by molar-refractivity contribution is -0.142. The molecule has 2 aliphatic heterocycles. The van der Waals surface area contributed by atoms with Crippen molar-refractivity contribution in [3.8, 4) is 0 Å². The number of piperazine rings is 1. The van der Waals surface area contributed by atoms with Crippen molar-refractivity contribution in [3.63, 3.8) is 0 Å². The summed E-state index contributed by atoms with van der Waals surface area (Å²) in [4.78, 5) is 30.1. The zero-order chi connectivity index (χ0) is 19.6. The van der Waals surface area contributed by atoms with E-state index in [2.05, 4.69) is 4.90 Å². The molecule has 0 spiro atoms. The molecule has 1 aromatic rings. The third kappa shape index (κ3) is 5.01. The predicted molar refractivity (Wildman–Crippen MR) is 94.9 cm³/mol. The third-order valence-electron chi connectivity index (χ3n) is 5.24. The molecule has 8 heteroatoms. The van der Waals surface area contributed by atoms with E-state index < -0.39 is 11.6 Å². The summed E-state index contributed by atoms with van der Waals surface area (Å²) >= 11 is 0. The van der Waals surface area contributed by atoms with Crippen LogP contribution in [-0.2, 0) is 16.0 Å². The maximum atomic E-state index is 13.4. The number of carbonyl (C=O) groups excluding carboxylic acids is 2. The van der Waals surface area contributed by atoms with Crippen LogP contribution in [-0.4, -0.2) is 83.0 Å². The second kappa shape index (κ2) is 8.31. The van der Waals surface area contributed by atoms with Crippen LogP contribution in [0.25, 0.3) is 0 Å². The Labute approximate surface area is 157 Å². The molecule has 1 unspecified atom stereocenters. The van der Waals surface area contributed by atoms with Crippen molar-refractivity contribution in [1.82, 2.24) is 14.7 Å². The number of nitrogens with zero attached hydrogens (tertiary/aromatic N) is 3. The second-order valence-electron chi connectivity index (χ2n) is 7.36. The molecule has 3 rings (SSSR count). The van der Waals surface area contributed by atoms with Crippen LogP contribution < -0.4 is 0 Å². The van der Waals surface area contributed by atoms with Crippen LogP contribution in [0.4, 0.5) is 8.78 Å². The largest absolute Gasteiger partial charge is 0.392 e. The van der Waals surface area contributed by atoms with Gasteiger partial charge in [0.2, 0.25) is 11.8 Å². The molecule has 2 heterocycles. The van der Waals surface area contributed by atoms with Crippen molar-refractivity contribution in [2.75, 3.05) is 39.3 Å². The fourth-order valence-corrected chi connectivity index (χ4v) is 3.89. The highest BCUT2D eigenvalue weighted by molar-refractivity contribution is 5.80. The standard InChI is InChI=1S/C19H25F2N3O3/c1-13(25)23-4-5-24(17(11-23)10-22-3-2-18(26)12-22)19(27)8-14-6-15(20)9-16(21)7-14/h6-7,9,17-18,26H,2-5,8,10-12H2,1H3/t17?,18-/m0/s1. The first-order valence-electron chi connectivity index (χ1n) is 9.22. The first-order valence-corrected chi connectivity index (χ1v) is 9.22. The topological polar surface area (TPSA) is 64.1 Å². The number of halogens is 2. The Morgan fingerprint density at radius 3 is 2.41 bits per heavy atom. The molecule has 148 valence electrons. The Kier molecular flexibility index (Phi) is 6.06. The molecule has 2 saturated heterocycles. The number of carbonyl (C=O) groups is 2. The van der Waals surface area contributed by atoms with E-state index in [-0.39, 0.29) is 30.4 Å². The summed E-state index contributed by atoms with van der Waals surface area (Å²) in [5, 5.41) is 9.73. The summed E-state index contributed by atoms with van der Waals surface area (Å²) in [6, 6.07) is 2.90. The van der Waals surface area contributed by atoms with Gasteiger partial charge in [0, 0.05) is 52.3 Å². The minimum absolute atomic E-state index is 0.0410. The molecule has 0 radical (unpaired) electrons. The van der Waals surface area contributed by atoms with Crippen LogP contribution >= 0.6 is 0 Å². The van der Waals surface area contributed by atoms with Gasteiger partial charge in [-0.2, -0.15) is 0 Å². The van der Waals surface area contributed by atoms with Crippen LogP contribution in [0, 0.1) is 11.6 Å². The molecule has 0 bridgehead atoms. The number of hydrogen-bond acceptors (Lipinski definition) is 4. The first-order chi connectivity index (χ1) is 12.8. The van der Waals surface area contributed by atoms with E-state index in [1.165, 1.54) is 19.1 Å². The molecule has 6 nitrogen and oxygen atoms in total. The summed E-state index contributed by atoms with van der Waals surface area (Å²) in [5.41, 5.74) is 0.293. The Bertz CT molecular complexity index is 695. The molecule has 1 aromatic carbocycles. The summed E-state index contributed by atoms with van der Waals surface area (Å²) in [6.07, 6.45) is 0.241. The van der Waals surface area contributed by atoms with Crippen molar-refractivity contribution in [1.29, 1.82) is 0 Å². The van der Waals surface area contributed by atoms with E-state index >= 15 is 0 Å². The third-order valence-corrected chi connectivity index (χ3v) is 5.24. The summed E-state index contributed by atoms with van der Waals surface area (Å²) < 4.78 is 26.8. The van der Waals surface area contributed by atoms with Crippen LogP contribution in [0.15, 0.2) is 18.2 Å². The molecule has 27 heavy (non-hydrogen) atoms. The van der Waals surface area contributed by atoms with Crippen LogP contribution in [0.1, 0.15) is 18.9 Å². The van der Waals surface area contributed by atoms with E-state index in [9.17, 15) is 23.5 Å². The Hall–Kier alpha value is -2.06. The number of benzene rings is 1. The van der Waals surface area contributed by atoms with E-state index in [4.69, 9.17) is 0 Å². The lowest BCUT2D eigenvalue weighted by Gasteiger charge is -2.42. The Morgan fingerprint density at radius 2 is 1.81 bits per heavy atom. The van der Waals surface area contributed by atoms with Crippen LogP contribution in [0.2, 0.25) is 0 Å². The molecule has 2 fully saturated rings. The zero-order valence-corrected chi connectivity index (χ0v) is 15.4. The fraction of sp³-hybridized carbons (Fsp3) is 0.579. The number of aliphatic hydroxyl groups excluding tert-OH is 1. The fourth-order valence-electron chi connectivity index (χ4n) is 3.89. The van der Waals surface area contributed by atoms with Crippen molar-refractivity contribution in [3.05, 3.63) is 35.4 Å². The predicted octanol–water partition coefficient (Wildman–Crippen LogP) is 0.633. The van der Waals surface area contributed by atoms with Crippen molar-refractivity contribution < 1.29 is 23.5 Å². The maximum absolute atomic E-state index is 13.4. The molecule has 0 aliphatic carbocycles. The molecular formula is C19H25F2N3O3. The highest BCUT2D eigenvalue weighted by Gasteiger charge is 2.34. The lowest BCUT2D eigenvalue weighted by atomic mass is 10.1. The minimum atomic E-state index is -0.707. The molecule has 2 amide bonds. The molecule has 0 saturated carbocycles. The molecule has 2 aliphatic rings. The maximum Gasteiger partial charge on any atom is 0.227 e. The average Bonchev–Trinajstić information content (AvgIpc) is 2.98. The summed E-state index contributed by atoms with van der Waals surface area (Å²) in [6.45, 7) is 4.61. The quantitative estimate of drug-likeness (QED) is 0.831. The average molecular weight is 381 g/mol. The SMILES string of the molecule is CC(=O)N1CCN(C(=O)Cc2cc(F)cc(F)c2)C(CN2CC[C@H](O)C2)C1. The lowest BCUT2D eigenvalue weighted by Crippen LogP contribution is -2.59. The number of rotatable bonds is 4. The van der Waals surface area contributed by atoms with Gasteiger partial charge in [-0.3, -0.25) is 14.5 Å². The van der Waals surface area contributed by atoms with E-state index in [0.717, 1.165) is 12.6 Å². The van der Waals surface area contributed by atoms with E-state index in [1.54, 1.807) is 9.80 Å². The van der Waals surface area contributed by atoms with Crippen molar-refractivity contribution >= 4 is 11.8 Å². The second-order valence-corrected chi connectivity index (χ2v) is 7.36.